The molecule has 1 aromatic heterocycles. The minimum absolute atomic E-state index is 0.621. The van der Waals surface area contributed by atoms with Crippen LogP contribution in [-0.4, -0.2) is 4.98 Å². The Morgan fingerprint density at radius 2 is 1.76 bits per heavy atom. The lowest BCUT2D eigenvalue weighted by molar-refractivity contribution is 1.04. The molecule has 2 aromatic carbocycles. The van der Waals surface area contributed by atoms with E-state index in [0.29, 0.717) is 5.92 Å². The Kier molecular flexibility index (Phi) is 2.86. The van der Waals surface area contributed by atoms with Crippen LogP contribution in [0, 0.1) is 0 Å². The van der Waals surface area contributed by atoms with Gasteiger partial charge < -0.3 is 5.43 Å². The number of hydrogen-bond donors (Lipinski definition) is 2. The molecule has 21 heavy (non-hydrogen) atoms. The zero-order valence-electron chi connectivity index (χ0n) is 11.7. The number of anilines is 1. The minimum atomic E-state index is 0.621. The summed E-state index contributed by atoms with van der Waals surface area (Å²) in [7, 11) is 0. The molecule has 1 aliphatic carbocycles. The number of rotatable bonds is 3. The molecule has 0 saturated heterocycles. The van der Waals surface area contributed by atoms with Crippen LogP contribution >= 0.6 is 0 Å². The maximum atomic E-state index is 5.72. The lowest BCUT2D eigenvalue weighted by Gasteiger charge is -2.10. The van der Waals surface area contributed by atoms with Gasteiger partial charge in [0, 0.05) is 17.0 Å². The molecule has 0 spiro atoms. The average Bonchev–Trinajstić information content (AvgIpc) is 3.39. The van der Waals surface area contributed by atoms with Gasteiger partial charge in [-0.3, -0.25) is 10.8 Å². The van der Waals surface area contributed by atoms with Gasteiger partial charge >= 0.3 is 0 Å². The zero-order chi connectivity index (χ0) is 14.2. The molecule has 0 bridgehead atoms. The van der Waals surface area contributed by atoms with Crippen molar-refractivity contribution in [1.82, 2.24) is 4.98 Å². The number of nitrogen functional groups attached to an aromatic ring is 1. The summed E-state index contributed by atoms with van der Waals surface area (Å²) in [5.41, 5.74) is 8.34. The first-order valence-electron chi connectivity index (χ1n) is 7.32. The minimum Gasteiger partial charge on any atom is -0.323 e. The van der Waals surface area contributed by atoms with Crippen molar-refractivity contribution in [1.29, 1.82) is 0 Å². The number of nitrogens with one attached hydrogen (secondary N) is 1. The fraction of sp³-hybridized carbons (Fsp3) is 0.167. The van der Waals surface area contributed by atoms with Gasteiger partial charge in [0.2, 0.25) is 0 Å². The van der Waals surface area contributed by atoms with Crippen molar-refractivity contribution >= 4 is 16.6 Å². The van der Waals surface area contributed by atoms with E-state index in [4.69, 9.17) is 10.8 Å². The summed E-state index contributed by atoms with van der Waals surface area (Å²) in [4.78, 5) is 4.79. The lowest BCUT2D eigenvalue weighted by atomic mass is 10.0. The Balaban J connectivity index is 1.89. The molecule has 0 aliphatic heterocycles. The van der Waals surface area contributed by atoms with Crippen molar-refractivity contribution in [2.75, 3.05) is 5.43 Å². The second-order valence-corrected chi connectivity index (χ2v) is 5.61. The maximum absolute atomic E-state index is 5.72. The molecular formula is C18H17N3. The average molecular weight is 275 g/mol. The van der Waals surface area contributed by atoms with E-state index < -0.39 is 0 Å². The number of fused-ring (bicyclic) bond motifs is 1. The summed E-state index contributed by atoms with van der Waals surface area (Å²) < 4.78 is 0. The number of nitrogens with zero attached hydrogens (tertiary/aromatic N) is 1. The van der Waals surface area contributed by atoms with Gasteiger partial charge in [0.15, 0.2) is 0 Å². The summed E-state index contributed by atoms with van der Waals surface area (Å²) in [6, 6.07) is 18.8. The number of benzene rings is 2. The van der Waals surface area contributed by atoms with E-state index in [0.717, 1.165) is 22.3 Å². The summed E-state index contributed by atoms with van der Waals surface area (Å²) in [5.74, 6) is 6.34. The molecule has 3 N–H and O–H groups in total. The quantitative estimate of drug-likeness (QED) is 0.559. The first-order valence-corrected chi connectivity index (χ1v) is 7.32. The molecule has 104 valence electrons. The van der Waals surface area contributed by atoms with Crippen molar-refractivity contribution in [2.24, 2.45) is 5.84 Å². The van der Waals surface area contributed by atoms with Gasteiger partial charge in [-0.1, -0.05) is 36.4 Å². The van der Waals surface area contributed by atoms with Crippen LogP contribution in [0.15, 0.2) is 54.6 Å². The van der Waals surface area contributed by atoms with E-state index in [1.807, 2.05) is 6.07 Å². The van der Waals surface area contributed by atoms with Crippen LogP contribution in [0.4, 0.5) is 5.69 Å². The molecule has 1 heterocycles. The Labute approximate surface area is 123 Å². The van der Waals surface area contributed by atoms with Crippen molar-refractivity contribution < 1.29 is 0 Å². The second-order valence-electron chi connectivity index (χ2n) is 5.61. The molecule has 0 unspecified atom stereocenters. The fourth-order valence-electron chi connectivity index (χ4n) is 2.76. The molecule has 4 rings (SSSR count). The van der Waals surface area contributed by atoms with Gasteiger partial charge in [-0.25, -0.2) is 0 Å². The van der Waals surface area contributed by atoms with E-state index in [-0.39, 0.29) is 0 Å². The smallest absolute Gasteiger partial charge is 0.0727 e. The number of hydrogen-bond acceptors (Lipinski definition) is 3. The van der Waals surface area contributed by atoms with Crippen molar-refractivity contribution in [2.45, 2.75) is 18.8 Å². The van der Waals surface area contributed by atoms with Crippen molar-refractivity contribution in [3.05, 3.63) is 60.3 Å². The van der Waals surface area contributed by atoms with E-state index >= 15 is 0 Å². The summed E-state index contributed by atoms with van der Waals surface area (Å²) in [6.07, 6.45) is 2.48. The third-order valence-corrected chi connectivity index (χ3v) is 4.09. The SMILES string of the molecule is NNc1cc(C2CC2)nc2ccc(-c3ccccc3)cc12. The number of hydrazine groups is 1. The fourth-order valence-corrected chi connectivity index (χ4v) is 2.76. The first-order chi connectivity index (χ1) is 10.3. The zero-order valence-corrected chi connectivity index (χ0v) is 11.7. The number of nitrogens with two attached hydrogens (primary N) is 1. The highest BCUT2D eigenvalue weighted by Crippen LogP contribution is 2.41. The largest absolute Gasteiger partial charge is 0.323 e. The van der Waals surface area contributed by atoms with Gasteiger partial charge in [-0.05, 0) is 42.2 Å². The van der Waals surface area contributed by atoms with E-state index in [9.17, 15) is 0 Å². The van der Waals surface area contributed by atoms with E-state index in [2.05, 4.69) is 54.0 Å². The Morgan fingerprint density at radius 3 is 2.48 bits per heavy atom. The summed E-state index contributed by atoms with van der Waals surface area (Å²) >= 11 is 0. The third-order valence-electron chi connectivity index (χ3n) is 4.09. The van der Waals surface area contributed by atoms with Crippen LogP contribution in [0.5, 0.6) is 0 Å². The molecule has 1 aliphatic rings. The highest BCUT2D eigenvalue weighted by atomic mass is 15.2. The van der Waals surface area contributed by atoms with E-state index in [1.165, 1.54) is 24.0 Å². The Hall–Kier alpha value is -2.39. The van der Waals surface area contributed by atoms with Crippen molar-refractivity contribution in [3.63, 3.8) is 0 Å². The van der Waals surface area contributed by atoms with Gasteiger partial charge in [-0.15, -0.1) is 0 Å². The van der Waals surface area contributed by atoms with Gasteiger partial charge in [0.1, 0.15) is 0 Å². The standard InChI is InChI=1S/C18H17N3/c19-21-18-11-17(13-6-7-13)20-16-9-8-14(10-15(16)18)12-4-2-1-3-5-12/h1-5,8-11,13H,6-7,19H2,(H,20,21). The molecule has 1 saturated carbocycles. The van der Waals surface area contributed by atoms with Crippen molar-refractivity contribution in [3.8, 4) is 11.1 Å². The van der Waals surface area contributed by atoms with Gasteiger partial charge in [-0.2, -0.15) is 0 Å². The number of pyridine rings is 1. The van der Waals surface area contributed by atoms with E-state index in [1.54, 1.807) is 0 Å². The van der Waals surface area contributed by atoms with Crippen LogP contribution in [-0.2, 0) is 0 Å². The third kappa shape index (κ3) is 2.26. The summed E-state index contributed by atoms with van der Waals surface area (Å²) in [5, 5.41) is 1.07. The topological polar surface area (TPSA) is 50.9 Å². The van der Waals surface area contributed by atoms with Crippen LogP contribution in [0.3, 0.4) is 0 Å². The maximum Gasteiger partial charge on any atom is 0.0727 e. The van der Waals surface area contributed by atoms with Crippen LogP contribution in [0.2, 0.25) is 0 Å². The molecule has 1 fully saturated rings. The van der Waals surface area contributed by atoms with Crippen LogP contribution in [0.25, 0.3) is 22.0 Å². The highest BCUT2D eigenvalue weighted by Gasteiger charge is 2.25. The second kappa shape index (κ2) is 4.86. The Bertz CT molecular complexity index is 792. The molecule has 0 radical (unpaired) electrons. The monoisotopic (exact) mass is 275 g/mol. The van der Waals surface area contributed by atoms with Gasteiger partial charge in [0.05, 0.1) is 11.2 Å². The van der Waals surface area contributed by atoms with Crippen LogP contribution < -0.4 is 11.3 Å². The first kappa shape index (κ1) is 12.4. The lowest BCUT2D eigenvalue weighted by Crippen LogP contribution is -2.08. The molecular weight excluding hydrogens is 258 g/mol. The van der Waals surface area contributed by atoms with Crippen LogP contribution in [0.1, 0.15) is 24.5 Å². The molecule has 0 atom stereocenters. The summed E-state index contributed by atoms with van der Waals surface area (Å²) in [6.45, 7) is 0. The van der Waals surface area contributed by atoms with Gasteiger partial charge in [0.25, 0.3) is 0 Å². The highest BCUT2D eigenvalue weighted by molar-refractivity contribution is 5.94. The predicted octanol–water partition coefficient (Wildman–Crippen LogP) is 4.06. The molecule has 3 aromatic rings. The normalized spacial score (nSPS) is 14.3. The number of aromatic nitrogens is 1. The molecule has 3 heteroatoms. The Morgan fingerprint density at radius 1 is 0.952 bits per heavy atom. The molecule has 0 amide bonds. The molecule has 3 nitrogen and oxygen atoms in total. The predicted molar refractivity (Wildman–Crippen MR) is 87.0 cm³/mol.